The minimum Gasteiger partial charge on any atom is -0.356 e. The van der Waals surface area contributed by atoms with Gasteiger partial charge in [0.15, 0.2) is 0 Å². The normalized spacial score (nSPS) is 17.8. The fourth-order valence-corrected chi connectivity index (χ4v) is 6.18. The Kier molecular flexibility index (Phi) is 6.11. The van der Waals surface area contributed by atoms with Crippen LogP contribution in [-0.4, -0.2) is 60.0 Å². The molecule has 1 aromatic carbocycles. The Labute approximate surface area is 193 Å². The first-order chi connectivity index (χ1) is 15.6. The van der Waals surface area contributed by atoms with Crippen molar-refractivity contribution in [3.63, 3.8) is 0 Å². The minimum absolute atomic E-state index is 0.159. The zero-order chi connectivity index (χ0) is 22.1. The maximum atomic E-state index is 13.5. The van der Waals surface area contributed by atoms with Gasteiger partial charge in [-0.15, -0.1) is 11.3 Å². The van der Waals surface area contributed by atoms with Crippen LogP contribution in [0.5, 0.6) is 0 Å². The Morgan fingerprint density at radius 2 is 1.72 bits per heavy atom. The summed E-state index contributed by atoms with van der Waals surface area (Å²) in [6.45, 7) is 10.7. The molecule has 0 aliphatic carbocycles. The van der Waals surface area contributed by atoms with E-state index in [1.165, 1.54) is 24.8 Å². The van der Waals surface area contributed by atoms with E-state index in [4.69, 9.17) is 9.97 Å². The van der Waals surface area contributed by atoms with E-state index >= 15 is 0 Å². The van der Waals surface area contributed by atoms with Crippen LogP contribution in [0.3, 0.4) is 0 Å². The first-order valence-electron chi connectivity index (χ1n) is 11.8. The molecular weight excluding hydrogens is 418 g/mol. The highest BCUT2D eigenvalue weighted by molar-refractivity contribution is 7.20. The molecular formula is C25H32N5OS+. The number of anilines is 1. The summed E-state index contributed by atoms with van der Waals surface area (Å²) < 4.78 is 0. The van der Waals surface area contributed by atoms with Gasteiger partial charge in [-0.1, -0.05) is 30.3 Å². The van der Waals surface area contributed by atoms with Crippen molar-refractivity contribution in [3.8, 4) is 0 Å². The third-order valence-corrected chi connectivity index (χ3v) is 7.96. The molecule has 2 saturated heterocycles. The van der Waals surface area contributed by atoms with E-state index in [0.717, 1.165) is 78.1 Å². The number of hydrogen-bond acceptors (Lipinski definition) is 5. The summed E-state index contributed by atoms with van der Waals surface area (Å²) in [5.74, 6) is 1.97. The van der Waals surface area contributed by atoms with Gasteiger partial charge < -0.3 is 14.7 Å². The number of carbonyl (C=O) groups is 1. The highest BCUT2D eigenvalue weighted by Crippen LogP contribution is 2.37. The molecule has 4 heterocycles. The van der Waals surface area contributed by atoms with Crippen molar-refractivity contribution in [2.24, 2.45) is 0 Å². The van der Waals surface area contributed by atoms with Gasteiger partial charge in [-0.25, -0.2) is 9.97 Å². The van der Waals surface area contributed by atoms with E-state index in [-0.39, 0.29) is 5.91 Å². The second-order valence-corrected chi connectivity index (χ2v) is 10.1. The standard InChI is InChI=1S/C25H31N5OS/c1-18-21-23(29-11-7-4-8-12-29)26-19(2)27-24(21)32-22(18)25(31)30-15-13-28(14-16-30)17-20-9-5-3-6-10-20/h3,5-6,9-10H,4,7-8,11-17H2,1-2H3/p+1. The molecule has 5 rings (SSSR count). The van der Waals surface area contributed by atoms with Gasteiger partial charge in [-0.2, -0.15) is 0 Å². The fourth-order valence-electron chi connectivity index (χ4n) is 4.99. The van der Waals surface area contributed by atoms with E-state index in [2.05, 4.69) is 42.2 Å². The van der Waals surface area contributed by atoms with Crippen molar-refractivity contribution in [3.05, 3.63) is 52.2 Å². The number of rotatable bonds is 4. The molecule has 2 aliphatic rings. The number of aromatic nitrogens is 2. The van der Waals surface area contributed by atoms with Crippen molar-refractivity contribution in [1.29, 1.82) is 0 Å². The smallest absolute Gasteiger partial charge is 0.264 e. The summed E-state index contributed by atoms with van der Waals surface area (Å²) >= 11 is 1.55. The molecule has 0 atom stereocenters. The molecule has 2 fully saturated rings. The molecule has 1 N–H and O–H groups in total. The Bertz CT molecular complexity index is 1100. The summed E-state index contributed by atoms with van der Waals surface area (Å²) in [5, 5.41) is 1.08. The Hall–Kier alpha value is -2.51. The van der Waals surface area contributed by atoms with Crippen LogP contribution in [0.4, 0.5) is 5.82 Å². The lowest BCUT2D eigenvalue weighted by Crippen LogP contribution is -3.13. The fraction of sp³-hybridized carbons (Fsp3) is 0.480. The van der Waals surface area contributed by atoms with E-state index < -0.39 is 0 Å². The number of carbonyl (C=O) groups excluding carboxylic acids is 1. The molecule has 0 bridgehead atoms. The van der Waals surface area contributed by atoms with Crippen molar-refractivity contribution < 1.29 is 9.69 Å². The number of amides is 1. The van der Waals surface area contributed by atoms with Crippen molar-refractivity contribution in [1.82, 2.24) is 14.9 Å². The zero-order valence-electron chi connectivity index (χ0n) is 19.1. The van der Waals surface area contributed by atoms with E-state index in [9.17, 15) is 4.79 Å². The van der Waals surface area contributed by atoms with Gasteiger partial charge in [-0.05, 0) is 38.7 Å². The number of nitrogens with one attached hydrogen (secondary N) is 1. The van der Waals surface area contributed by atoms with Crippen LogP contribution in [0, 0.1) is 13.8 Å². The predicted molar refractivity (Wildman–Crippen MR) is 130 cm³/mol. The first-order valence-corrected chi connectivity index (χ1v) is 12.6. The molecule has 7 heteroatoms. The quantitative estimate of drug-likeness (QED) is 0.664. The molecule has 0 saturated carbocycles. The van der Waals surface area contributed by atoms with Crippen LogP contribution in [0.25, 0.3) is 10.2 Å². The topological polar surface area (TPSA) is 53.8 Å². The molecule has 0 radical (unpaired) electrons. The minimum atomic E-state index is 0.159. The molecule has 3 aromatic rings. The second-order valence-electron chi connectivity index (χ2n) is 9.08. The first kappa shape index (κ1) is 21.3. The van der Waals surface area contributed by atoms with Gasteiger partial charge in [0.25, 0.3) is 5.91 Å². The van der Waals surface area contributed by atoms with E-state index in [1.807, 2.05) is 11.8 Å². The van der Waals surface area contributed by atoms with E-state index in [1.54, 1.807) is 16.2 Å². The maximum absolute atomic E-state index is 13.5. The Balaban J connectivity index is 1.34. The summed E-state index contributed by atoms with van der Waals surface area (Å²) in [5.41, 5.74) is 2.41. The second kappa shape index (κ2) is 9.16. The lowest BCUT2D eigenvalue weighted by Gasteiger charge is -2.32. The van der Waals surface area contributed by atoms with Gasteiger partial charge in [0.2, 0.25) is 0 Å². The van der Waals surface area contributed by atoms with Crippen molar-refractivity contribution in [2.75, 3.05) is 44.2 Å². The summed E-state index contributed by atoms with van der Waals surface area (Å²) in [6, 6.07) is 10.6. The number of quaternary nitrogens is 1. The van der Waals surface area contributed by atoms with Gasteiger partial charge in [-0.3, -0.25) is 4.79 Å². The monoisotopic (exact) mass is 450 g/mol. The van der Waals surface area contributed by atoms with Crippen LogP contribution < -0.4 is 9.80 Å². The number of hydrogen-bond donors (Lipinski definition) is 1. The van der Waals surface area contributed by atoms with Crippen LogP contribution in [0.1, 0.15) is 45.9 Å². The molecule has 0 spiro atoms. The third kappa shape index (κ3) is 4.24. The highest BCUT2D eigenvalue weighted by atomic mass is 32.1. The number of fused-ring (bicyclic) bond motifs is 1. The van der Waals surface area contributed by atoms with Gasteiger partial charge in [0, 0.05) is 18.7 Å². The van der Waals surface area contributed by atoms with Crippen molar-refractivity contribution in [2.45, 2.75) is 39.7 Å². The predicted octanol–water partition coefficient (Wildman–Crippen LogP) is 2.84. The number of thiophene rings is 1. The highest BCUT2D eigenvalue weighted by Gasteiger charge is 2.29. The summed E-state index contributed by atoms with van der Waals surface area (Å²) in [7, 11) is 0. The number of benzene rings is 1. The number of nitrogens with zero attached hydrogens (tertiary/aromatic N) is 4. The number of piperazine rings is 1. The molecule has 2 aromatic heterocycles. The zero-order valence-corrected chi connectivity index (χ0v) is 19.9. The van der Waals surface area contributed by atoms with Crippen LogP contribution in [0.15, 0.2) is 30.3 Å². The lowest BCUT2D eigenvalue weighted by atomic mass is 10.1. The number of aryl methyl sites for hydroxylation is 2. The molecule has 2 aliphatic heterocycles. The molecule has 32 heavy (non-hydrogen) atoms. The van der Waals surface area contributed by atoms with Crippen LogP contribution in [-0.2, 0) is 6.54 Å². The van der Waals surface area contributed by atoms with Gasteiger partial charge >= 0.3 is 0 Å². The largest absolute Gasteiger partial charge is 0.356 e. The maximum Gasteiger partial charge on any atom is 0.264 e. The average Bonchev–Trinajstić information content (AvgIpc) is 3.16. The Morgan fingerprint density at radius 3 is 2.44 bits per heavy atom. The van der Waals surface area contributed by atoms with Crippen LogP contribution in [0.2, 0.25) is 0 Å². The Morgan fingerprint density at radius 1 is 1.00 bits per heavy atom. The lowest BCUT2D eigenvalue weighted by molar-refractivity contribution is -0.917. The third-order valence-electron chi connectivity index (χ3n) is 6.79. The molecule has 168 valence electrons. The van der Waals surface area contributed by atoms with Gasteiger partial charge in [0.05, 0.1) is 36.4 Å². The summed E-state index contributed by atoms with van der Waals surface area (Å²) in [6.07, 6.45) is 3.69. The van der Waals surface area contributed by atoms with Crippen molar-refractivity contribution >= 4 is 33.3 Å². The summed E-state index contributed by atoms with van der Waals surface area (Å²) in [4.78, 5) is 30.8. The molecule has 1 amide bonds. The number of piperidine rings is 1. The average molecular weight is 451 g/mol. The van der Waals surface area contributed by atoms with E-state index in [0.29, 0.717) is 0 Å². The SMILES string of the molecule is Cc1nc(N2CCCCC2)c2c(C)c(C(=O)N3CC[NH+](Cc4ccccc4)CC3)sc2n1. The van der Waals surface area contributed by atoms with Crippen LogP contribution >= 0.6 is 11.3 Å². The molecule has 0 unspecified atom stereocenters. The van der Waals surface area contributed by atoms with Gasteiger partial charge in [0.1, 0.15) is 23.0 Å². The molecule has 6 nitrogen and oxygen atoms in total.